The van der Waals surface area contributed by atoms with Crippen LogP contribution in [-0.2, 0) is 10.8 Å². The second-order valence-corrected chi connectivity index (χ2v) is 20.2. The van der Waals surface area contributed by atoms with E-state index in [4.69, 9.17) is 0 Å². The van der Waals surface area contributed by atoms with E-state index in [1.165, 1.54) is 114 Å². The maximum absolute atomic E-state index is 2.55. The highest BCUT2D eigenvalue weighted by Crippen LogP contribution is 2.62. The summed E-state index contributed by atoms with van der Waals surface area (Å²) in [5, 5.41) is 5.18. The molecule has 2 aromatic heterocycles. The van der Waals surface area contributed by atoms with E-state index in [-0.39, 0.29) is 5.41 Å². The number of hydrogen-bond donors (Lipinski definition) is 0. The summed E-state index contributed by atoms with van der Waals surface area (Å²) in [5.74, 6) is 0. The summed E-state index contributed by atoms with van der Waals surface area (Å²) in [6.45, 7) is 4.77. The third-order valence-electron chi connectivity index (χ3n) is 15.6. The highest BCUT2D eigenvalue weighted by Gasteiger charge is 2.51. The molecule has 15 rings (SSSR count). The molecule has 0 saturated heterocycles. The van der Waals surface area contributed by atoms with Gasteiger partial charge in [-0.25, -0.2) is 0 Å². The van der Waals surface area contributed by atoms with Gasteiger partial charge in [-0.15, -0.1) is 11.3 Å². The smallest absolute Gasteiger partial charge is 0.0755 e. The van der Waals surface area contributed by atoms with Crippen molar-refractivity contribution in [3.63, 3.8) is 0 Å². The predicted molar refractivity (Wildman–Crippen MR) is 282 cm³/mol. The van der Waals surface area contributed by atoms with Gasteiger partial charge in [0, 0.05) is 53.3 Å². The second-order valence-electron chi connectivity index (χ2n) is 19.2. The zero-order valence-electron chi connectivity index (χ0n) is 37.1. The van der Waals surface area contributed by atoms with Crippen molar-refractivity contribution in [1.29, 1.82) is 0 Å². The third-order valence-corrected chi connectivity index (χ3v) is 16.7. The number of benzene rings is 10. The molecule has 3 heterocycles. The first-order valence-electron chi connectivity index (χ1n) is 23.4. The van der Waals surface area contributed by atoms with Crippen LogP contribution in [0.3, 0.4) is 0 Å². The van der Waals surface area contributed by atoms with Crippen molar-refractivity contribution in [2.75, 3.05) is 4.90 Å². The lowest BCUT2D eigenvalue weighted by atomic mass is 9.65. The van der Waals surface area contributed by atoms with Gasteiger partial charge in [0.05, 0.1) is 27.8 Å². The van der Waals surface area contributed by atoms with E-state index in [0.29, 0.717) is 0 Å². The van der Waals surface area contributed by atoms with Gasteiger partial charge < -0.3 is 9.47 Å². The van der Waals surface area contributed by atoms with Gasteiger partial charge in [0.15, 0.2) is 0 Å². The molecule has 0 saturated carbocycles. The van der Waals surface area contributed by atoms with E-state index in [2.05, 4.69) is 242 Å². The minimum absolute atomic E-state index is 0.162. The monoisotopic (exact) mass is 870 g/mol. The maximum atomic E-state index is 2.55. The predicted octanol–water partition coefficient (Wildman–Crippen LogP) is 17.3. The molecule has 314 valence electrons. The second kappa shape index (κ2) is 13.3. The molecular weight excluding hydrogens is 829 g/mol. The first-order chi connectivity index (χ1) is 33.0. The van der Waals surface area contributed by atoms with E-state index < -0.39 is 5.41 Å². The van der Waals surface area contributed by atoms with Crippen LogP contribution in [0.5, 0.6) is 0 Å². The number of fused-ring (bicyclic) bond motifs is 18. The Balaban J connectivity index is 1.02. The zero-order chi connectivity index (χ0) is 44.2. The maximum Gasteiger partial charge on any atom is 0.0755 e. The van der Waals surface area contributed by atoms with Gasteiger partial charge in [-0.3, -0.25) is 0 Å². The summed E-state index contributed by atoms with van der Waals surface area (Å²) in [7, 11) is 0. The molecule has 0 N–H and O–H groups in total. The molecular formula is C64H42N2S. The van der Waals surface area contributed by atoms with Crippen LogP contribution >= 0.6 is 11.3 Å². The van der Waals surface area contributed by atoms with E-state index in [9.17, 15) is 0 Å². The molecule has 1 spiro atoms. The molecule has 3 heteroatoms. The van der Waals surface area contributed by atoms with E-state index in [0.717, 1.165) is 17.1 Å². The van der Waals surface area contributed by atoms with Crippen LogP contribution in [-0.4, -0.2) is 4.57 Å². The van der Waals surface area contributed by atoms with Gasteiger partial charge >= 0.3 is 0 Å². The van der Waals surface area contributed by atoms with Crippen molar-refractivity contribution in [3.05, 3.63) is 252 Å². The molecule has 1 aliphatic heterocycles. The lowest BCUT2D eigenvalue weighted by molar-refractivity contribution is 0.660. The molecule has 0 radical (unpaired) electrons. The lowest BCUT2D eigenvalue weighted by Gasteiger charge is -2.40. The number of hydrogen-bond acceptors (Lipinski definition) is 2. The average Bonchev–Trinajstić information content (AvgIpc) is 4.08. The number of aromatic nitrogens is 1. The van der Waals surface area contributed by atoms with Crippen molar-refractivity contribution in [1.82, 2.24) is 4.57 Å². The van der Waals surface area contributed by atoms with Crippen molar-refractivity contribution in [3.8, 4) is 39.1 Å². The lowest BCUT2D eigenvalue weighted by Crippen LogP contribution is -2.33. The minimum atomic E-state index is -0.569. The van der Waals surface area contributed by atoms with Gasteiger partial charge in [-0.05, 0) is 122 Å². The van der Waals surface area contributed by atoms with Crippen LogP contribution < -0.4 is 4.90 Å². The van der Waals surface area contributed by atoms with Gasteiger partial charge in [0.2, 0.25) is 0 Å². The Hall–Kier alpha value is -7.98. The molecule has 12 aromatic rings. The molecule has 1 atom stereocenters. The molecule has 67 heavy (non-hydrogen) atoms. The van der Waals surface area contributed by atoms with Crippen LogP contribution in [0.2, 0.25) is 0 Å². The number of thiophene rings is 1. The van der Waals surface area contributed by atoms with E-state index >= 15 is 0 Å². The SMILES string of the molecule is CC1(C)c2ccccc2-c2ccc(N(c3ccc4c(c3)C3(c5ccccc5-4)c4ccccc4-n4c5ccccc5c5cccc3c54)c3ccccc3-c3ccc4sc5ccccc5c4c3)cc21. The summed E-state index contributed by atoms with van der Waals surface area (Å²) in [6, 6.07) is 82.7. The van der Waals surface area contributed by atoms with Gasteiger partial charge in [-0.2, -0.15) is 0 Å². The highest BCUT2D eigenvalue weighted by molar-refractivity contribution is 7.25. The van der Waals surface area contributed by atoms with Gasteiger partial charge in [0.1, 0.15) is 0 Å². The van der Waals surface area contributed by atoms with E-state index in [1.54, 1.807) is 0 Å². The van der Waals surface area contributed by atoms with Crippen LogP contribution in [0.15, 0.2) is 218 Å². The number of anilines is 3. The summed E-state index contributed by atoms with van der Waals surface area (Å²) in [6.07, 6.45) is 0. The quantitative estimate of drug-likeness (QED) is 0.171. The standard InChI is InChI=1S/C64H42N2S/c1-63(2)51-22-8-3-17-43(51)45-33-31-40(37-55(45)63)65(57-26-11-5-16-42(57)39-30-35-61-50(36-39)48-20-7-14-29-60(48)67-61)41-32-34-46-44-18-4-9-23-52(44)64(56(46)38-41)53-24-10-13-28-59(53)66-58-27-12-6-19-47(58)49-21-15-25-54(64)62(49)66/h3-38H,1-2H3. The van der Waals surface area contributed by atoms with Gasteiger partial charge in [0.25, 0.3) is 0 Å². The molecule has 2 nitrogen and oxygen atoms in total. The largest absolute Gasteiger partial charge is 0.310 e. The molecule has 0 fully saturated rings. The Kier molecular flexibility index (Phi) is 7.41. The first-order valence-corrected chi connectivity index (χ1v) is 24.2. The minimum Gasteiger partial charge on any atom is -0.310 e. The summed E-state index contributed by atoms with van der Waals surface area (Å²) >= 11 is 1.87. The van der Waals surface area contributed by atoms with Gasteiger partial charge in [-0.1, -0.05) is 172 Å². The van der Waals surface area contributed by atoms with Crippen molar-refractivity contribution in [2.24, 2.45) is 0 Å². The summed E-state index contributed by atoms with van der Waals surface area (Å²) in [4.78, 5) is 2.55. The van der Waals surface area contributed by atoms with Crippen molar-refractivity contribution >= 4 is 70.4 Å². The molecule has 10 aromatic carbocycles. The third kappa shape index (κ3) is 4.79. The summed E-state index contributed by atoms with van der Waals surface area (Å²) in [5.41, 5.74) is 22.1. The van der Waals surface area contributed by atoms with Crippen LogP contribution in [0.25, 0.3) is 81.0 Å². The Morgan fingerprint density at radius 3 is 1.81 bits per heavy atom. The average molecular weight is 871 g/mol. The number of para-hydroxylation sites is 4. The first kappa shape index (κ1) is 37.3. The van der Waals surface area contributed by atoms with Crippen LogP contribution in [0, 0.1) is 0 Å². The molecule has 1 unspecified atom stereocenters. The number of rotatable bonds is 4. The number of nitrogens with zero attached hydrogens (tertiary/aromatic N) is 2. The van der Waals surface area contributed by atoms with E-state index in [1.807, 2.05) is 11.3 Å². The van der Waals surface area contributed by atoms with Crippen molar-refractivity contribution < 1.29 is 0 Å². The fourth-order valence-corrected chi connectivity index (χ4v) is 13.8. The van der Waals surface area contributed by atoms with Crippen LogP contribution in [0.1, 0.15) is 47.2 Å². The molecule has 0 amide bonds. The Labute approximate surface area is 393 Å². The fourth-order valence-electron chi connectivity index (χ4n) is 12.8. The molecule has 2 aliphatic carbocycles. The topological polar surface area (TPSA) is 8.17 Å². The fraction of sp³-hybridized carbons (Fsp3) is 0.0625. The van der Waals surface area contributed by atoms with Crippen molar-refractivity contribution in [2.45, 2.75) is 24.7 Å². The normalized spacial score (nSPS) is 15.8. The Bertz CT molecular complexity index is 4110. The summed E-state index contributed by atoms with van der Waals surface area (Å²) < 4.78 is 5.16. The highest BCUT2D eigenvalue weighted by atomic mass is 32.1. The molecule has 3 aliphatic rings. The zero-order valence-corrected chi connectivity index (χ0v) is 37.9. The Morgan fingerprint density at radius 2 is 0.970 bits per heavy atom. The van der Waals surface area contributed by atoms with Crippen LogP contribution in [0.4, 0.5) is 17.1 Å². The Morgan fingerprint density at radius 1 is 0.388 bits per heavy atom. The molecule has 0 bridgehead atoms.